The smallest absolute Gasteiger partial charge is 0.228 e. The van der Waals surface area contributed by atoms with Crippen molar-refractivity contribution in [2.75, 3.05) is 24.8 Å². The van der Waals surface area contributed by atoms with Gasteiger partial charge in [0.2, 0.25) is 11.6 Å². The van der Waals surface area contributed by atoms with Gasteiger partial charge in [-0.1, -0.05) is 12.1 Å². The molecule has 2 N–H and O–H groups in total. The Morgan fingerprint density at radius 3 is 2.85 bits per heavy atom. The fraction of sp³-hybridized carbons (Fsp3) is 0.154. The van der Waals surface area contributed by atoms with Gasteiger partial charge in [-0.15, -0.1) is 10.2 Å². The van der Waals surface area contributed by atoms with Crippen LogP contribution in [0.5, 0.6) is 5.75 Å². The third-order valence-electron chi connectivity index (χ3n) is 2.91. The summed E-state index contributed by atoms with van der Waals surface area (Å²) in [5, 5.41) is 14.4. The van der Waals surface area contributed by atoms with Crippen LogP contribution in [0, 0.1) is 0 Å². The molecule has 7 heteroatoms. The van der Waals surface area contributed by atoms with Crippen LogP contribution in [-0.4, -0.2) is 33.7 Å². The minimum Gasteiger partial charge on any atom is -0.495 e. The molecular formula is C13H14N6O. The lowest BCUT2D eigenvalue weighted by Crippen LogP contribution is -2.01. The van der Waals surface area contributed by atoms with Crippen molar-refractivity contribution in [3.8, 4) is 5.75 Å². The fourth-order valence-electron chi connectivity index (χ4n) is 1.96. The van der Waals surface area contributed by atoms with Crippen LogP contribution >= 0.6 is 0 Å². The Labute approximate surface area is 115 Å². The zero-order valence-corrected chi connectivity index (χ0v) is 11.2. The first-order valence-corrected chi connectivity index (χ1v) is 6.11. The van der Waals surface area contributed by atoms with Crippen LogP contribution in [0.2, 0.25) is 0 Å². The van der Waals surface area contributed by atoms with E-state index in [0.717, 1.165) is 11.4 Å². The fourth-order valence-corrected chi connectivity index (χ4v) is 1.96. The third-order valence-corrected chi connectivity index (χ3v) is 2.91. The predicted molar refractivity (Wildman–Crippen MR) is 76.6 cm³/mol. The maximum absolute atomic E-state index is 5.31. The summed E-state index contributed by atoms with van der Waals surface area (Å²) in [4.78, 5) is 4.31. The van der Waals surface area contributed by atoms with Gasteiger partial charge >= 0.3 is 0 Å². The minimum absolute atomic E-state index is 0.617. The number of anilines is 3. The van der Waals surface area contributed by atoms with Gasteiger partial charge in [-0.25, -0.2) is 4.98 Å². The Morgan fingerprint density at radius 1 is 1.20 bits per heavy atom. The van der Waals surface area contributed by atoms with Crippen LogP contribution in [0.1, 0.15) is 0 Å². The monoisotopic (exact) mass is 270 g/mol. The maximum atomic E-state index is 5.31. The second kappa shape index (κ2) is 5.04. The molecule has 102 valence electrons. The molecular weight excluding hydrogens is 256 g/mol. The van der Waals surface area contributed by atoms with E-state index in [-0.39, 0.29) is 0 Å². The van der Waals surface area contributed by atoms with Crippen molar-refractivity contribution in [3.05, 3.63) is 36.7 Å². The summed E-state index contributed by atoms with van der Waals surface area (Å²) in [5.41, 5.74) is 1.47. The van der Waals surface area contributed by atoms with Crippen LogP contribution in [0.4, 0.5) is 17.5 Å². The molecule has 0 aliphatic carbocycles. The van der Waals surface area contributed by atoms with E-state index in [4.69, 9.17) is 4.74 Å². The highest BCUT2D eigenvalue weighted by Crippen LogP contribution is 2.27. The van der Waals surface area contributed by atoms with Crippen molar-refractivity contribution < 1.29 is 4.74 Å². The van der Waals surface area contributed by atoms with Crippen LogP contribution < -0.4 is 15.4 Å². The Hall–Kier alpha value is -2.83. The number of fused-ring (bicyclic) bond motifs is 1. The number of aromatic nitrogens is 4. The lowest BCUT2D eigenvalue weighted by Gasteiger charge is -2.10. The molecule has 7 nitrogen and oxygen atoms in total. The van der Waals surface area contributed by atoms with Gasteiger partial charge in [0.1, 0.15) is 5.75 Å². The van der Waals surface area contributed by atoms with Crippen LogP contribution in [0.3, 0.4) is 0 Å². The van der Waals surface area contributed by atoms with E-state index >= 15 is 0 Å². The molecule has 2 aromatic heterocycles. The van der Waals surface area contributed by atoms with E-state index in [1.165, 1.54) is 0 Å². The van der Waals surface area contributed by atoms with Crippen molar-refractivity contribution >= 4 is 23.1 Å². The number of ether oxygens (including phenoxy) is 1. The molecule has 1 aromatic carbocycles. The summed E-state index contributed by atoms with van der Waals surface area (Å²) in [5.74, 6) is 2.01. The standard InChI is InChI=1S/C13H14N6O/c1-14-13-18-17-12-11(15-7-8-19(12)13)16-9-5-3-4-6-10(9)20-2/h3-8H,1-2H3,(H,14,18)(H,15,16). The van der Waals surface area contributed by atoms with Gasteiger partial charge in [-0.3, -0.25) is 4.40 Å². The molecule has 2 heterocycles. The number of rotatable bonds is 4. The molecule has 0 unspecified atom stereocenters. The molecule has 0 radical (unpaired) electrons. The molecule has 3 aromatic rings. The summed E-state index contributed by atoms with van der Waals surface area (Å²) >= 11 is 0. The lowest BCUT2D eigenvalue weighted by molar-refractivity contribution is 0.417. The van der Waals surface area contributed by atoms with Crippen LogP contribution in [0.25, 0.3) is 5.65 Å². The first-order valence-electron chi connectivity index (χ1n) is 6.11. The van der Waals surface area contributed by atoms with E-state index in [2.05, 4.69) is 25.8 Å². The quantitative estimate of drug-likeness (QED) is 0.754. The maximum Gasteiger partial charge on any atom is 0.228 e. The van der Waals surface area contributed by atoms with Crippen LogP contribution in [-0.2, 0) is 0 Å². The zero-order chi connectivity index (χ0) is 13.9. The van der Waals surface area contributed by atoms with E-state index in [1.807, 2.05) is 28.7 Å². The SMILES string of the molecule is CNc1nnc2c(Nc3ccccc3OC)nccn12. The largest absolute Gasteiger partial charge is 0.495 e. The van der Waals surface area contributed by atoms with Gasteiger partial charge in [-0.05, 0) is 12.1 Å². The molecule has 0 aliphatic heterocycles. The Kier molecular flexibility index (Phi) is 3.08. The van der Waals surface area contributed by atoms with Crippen molar-refractivity contribution in [1.82, 2.24) is 19.6 Å². The average Bonchev–Trinajstić information content (AvgIpc) is 2.92. The summed E-state index contributed by atoms with van der Waals surface area (Å²) in [7, 11) is 3.43. The number of benzene rings is 1. The number of nitrogens with one attached hydrogen (secondary N) is 2. The summed E-state index contributed by atoms with van der Waals surface area (Å²) < 4.78 is 7.13. The van der Waals surface area contributed by atoms with Crippen molar-refractivity contribution in [2.24, 2.45) is 0 Å². The summed E-state index contributed by atoms with van der Waals surface area (Å²) in [6.07, 6.45) is 3.49. The van der Waals surface area contributed by atoms with Crippen LogP contribution in [0.15, 0.2) is 36.7 Å². The molecule has 0 fully saturated rings. The second-order valence-electron chi connectivity index (χ2n) is 4.07. The van der Waals surface area contributed by atoms with E-state index in [1.54, 1.807) is 26.6 Å². The Morgan fingerprint density at radius 2 is 2.05 bits per heavy atom. The molecule has 3 rings (SSSR count). The van der Waals surface area contributed by atoms with Gasteiger partial charge in [0.05, 0.1) is 12.8 Å². The molecule has 0 spiro atoms. The minimum atomic E-state index is 0.617. The molecule has 0 amide bonds. The first-order chi connectivity index (χ1) is 9.83. The van der Waals surface area contributed by atoms with E-state index < -0.39 is 0 Å². The Balaban J connectivity index is 2.05. The molecule has 0 bridgehead atoms. The van der Waals surface area contributed by atoms with Crippen molar-refractivity contribution in [3.63, 3.8) is 0 Å². The van der Waals surface area contributed by atoms with Gasteiger partial charge < -0.3 is 15.4 Å². The molecule has 20 heavy (non-hydrogen) atoms. The molecule has 0 aliphatic rings. The number of para-hydroxylation sites is 2. The average molecular weight is 270 g/mol. The first kappa shape index (κ1) is 12.2. The number of hydrogen-bond acceptors (Lipinski definition) is 6. The van der Waals surface area contributed by atoms with E-state index in [0.29, 0.717) is 17.4 Å². The topological polar surface area (TPSA) is 76.4 Å². The third kappa shape index (κ3) is 1.99. The highest BCUT2D eigenvalue weighted by atomic mass is 16.5. The normalized spacial score (nSPS) is 10.5. The van der Waals surface area contributed by atoms with Gasteiger partial charge in [0, 0.05) is 19.4 Å². The number of hydrogen-bond donors (Lipinski definition) is 2. The van der Waals surface area contributed by atoms with Gasteiger partial charge in [0.25, 0.3) is 0 Å². The zero-order valence-electron chi connectivity index (χ0n) is 11.2. The number of methoxy groups -OCH3 is 1. The van der Waals surface area contributed by atoms with Crippen molar-refractivity contribution in [1.29, 1.82) is 0 Å². The number of nitrogens with zero attached hydrogens (tertiary/aromatic N) is 4. The molecule has 0 atom stereocenters. The Bertz CT molecular complexity index is 739. The predicted octanol–water partition coefficient (Wildman–Crippen LogP) is 1.92. The van der Waals surface area contributed by atoms with Crippen molar-refractivity contribution in [2.45, 2.75) is 0 Å². The van der Waals surface area contributed by atoms with E-state index in [9.17, 15) is 0 Å². The lowest BCUT2D eigenvalue weighted by atomic mass is 10.3. The molecule has 0 saturated carbocycles. The van der Waals surface area contributed by atoms with Gasteiger partial charge in [-0.2, -0.15) is 0 Å². The summed E-state index contributed by atoms with van der Waals surface area (Å²) in [6.45, 7) is 0. The summed E-state index contributed by atoms with van der Waals surface area (Å²) in [6, 6.07) is 7.63. The highest BCUT2D eigenvalue weighted by Gasteiger charge is 2.11. The second-order valence-corrected chi connectivity index (χ2v) is 4.07. The molecule has 0 saturated heterocycles. The van der Waals surface area contributed by atoms with Gasteiger partial charge in [0.15, 0.2) is 5.82 Å². The highest BCUT2D eigenvalue weighted by molar-refractivity contribution is 5.73.